The SMILES string of the molecule is Cc1cc(Cl)ccc1OC(=O)N(C)c1ccccc1. The normalized spacial score (nSPS) is 10.1. The predicted octanol–water partition coefficient (Wildman–Crippen LogP) is 4.28. The van der Waals surface area contributed by atoms with Gasteiger partial charge in [-0.05, 0) is 42.8 Å². The first-order valence-electron chi connectivity index (χ1n) is 5.84. The minimum atomic E-state index is -0.434. The summed E-state index contributed by atoms with van der Waals surface area (Å²) in [7, 11) is 1.67. The molecule has 0 bridgehead atoms. The van der Waals surface area contributed by atoms with Crippen LogP contribution in [0.4, 0.5) is 10.5 Å². The molecule has 0 radical (unpaired) electrons. The Morgan fingerprint density at radius 3 is 2.47 bits per heavy atom. The van der Waals surface area contributed by atoms with E-state index >= 15 is 0 Å². The van der Waals surface area contributed by atoms with Gasteiger partial charge in [0.15, 0.2) is 0 Å². The second-order valence-corrected chi connectivity index (χ2v) is 4.61. The summed E-state index contributed by atoms with van der Waals surface area (Å²) >= 11 is 5.86. The van der Waals surface area contributed by atoms with Crippen molar-refractivity contribution < 1.29 is 9.53 Å². The lowest BCUT2D eigenvalue weighted by Crippen LogP contribution is -2.29. The first kappa shape index (κ1) is 13.4. The predicted molar refractivity (Wildman–Crippen MR) is 77.1 cm³/mol. The summed E-state index contributed by atoms with van der Waals surface area (Å²) < 4.78 is 5.34. The Morgan fingerprint density at radius 1 is 1.16 bits per heavy atom. The number of benzene rings is 2. The average Bonchev–Trinajstić information content (AvgIpc) is 2.42. The van der Waals surface area contributed by atoms with Crippen LogP contribution in [-0.2, 0) is 0 Å². The van der Waals surface area contributed by atoms with Crippen LogP contribution in [0.5, 0.6) is 5.75 Å². The van der Waals surface area contributed by atoms with Gasteiger partial charge in [0.1, 0.15) is 5.75 Å². The number of nitrogens with zero attached hydrogens (tertiary/aromatic N) is 1. The molecule has 0 saturated carbocycles. The van der Waals surface area contributed by atoms with Crippen LogP contribution in [0, 0.1) is 6.92 Å². The Balaban J connectivity index is 2.13. The number of halogens is 1. The molecule has 0 aliphatic carbocycles. The van der Waals surface area contributed by atoms with E-state index in [9.17, 15) is 4.79 Å². The second-order valence-electron chi connectivity index (χ2n) is 4.17. The Kier molecular flexibility index (Phi) is 4.07. The third-order valence-corrected chi connectivity index (χ3v) is 2.99. The number of carbonyl (C=O) groups is 1. The fourth-order valence-corrected chi connectivity index (χ4v) is 1.87. The van der Waals surface area contributed by atoms with Gasteiger partial charge in [-0.3, -0.25) is 4.90 Å². The van der Waals surface area contributed by atoms with Gasteiger partial charge in [-0.2, -0.15) is 0 Å². The number of para-hydroxylation sites is 1. The van der Waals surface area contributed by atoms with E-state index in [-0.39, 0.29) is 0 Å². The number of hydrogen-bond acceptors (Lipinski definition) is 2. The summed E-state index contributed by atoms with van der Waals surface area (Å²) in [6, 6.07) is 14.5. The van der Waals surface area contributed by atoms with Gasteiger partial charge in [-0.15, -0.1) is 0 Å². The standard InChI is InChI=1S/C15H14ClNO2/c1-11-10-12(16)8-9-14(11)19-15(18)17(2)13-6-4-3-5-7-13/h3-10H,1-2H3. The maximum absolute atomic E-state index is 12.0. The van der Waals surface area contributed by atoms with Crippen molar-refractivity contribution in [3.05, 3.63) is 59.1 Å². The van der Waals surface area contributed by atoms with Crippen molar-refractivity contribution in [3.63, 3.8) is 0 Å². The molecule has 0 unspecified atom stereocenters. The van der Waals surface area contributed by atoms with Crippen molar-refractivity contribution in [1.82, 2.24) is 0 Å². The molecule has 19 heavy (non-hydrogen) atoms. The molecule has 0 aromatic heterocycles. The van der Waals surface area contributed by atoms with Crippen molar-refractivity contribution in [3.8, 4) is 5.75 Å². The largest absolute Gasteiger partial charge is 0.419 e. The summed E-state index contributed by atoms with van der Waals surface area (Å²) in [6.07, 6.45) is -0.434. The summed E-state index contributed by atoms with van der Waals surface area (Å²) in [6.45, 7) is 1.84. The van der Waals surface area contributed by atoms with Crippen molar-refractivity contribution >= 4 is 23.4 Å². The number of anilines is 1. The molecule has 0 atom stereocenters. The molecule has 3 nitrogen and oxygen atoms in total. The highest BCUT2D eigenvalue weighted by molar-refractivity contribution is 6.30. The van der Waals surface area contributed by atoms with Crippen molar-refractivity contribution in [2.45, 2.75) is 6.92 Å². The molecule has 2 rings (SSSR count). The van der Waals surface area contributed by atoms with Gasteiger partial charge >= 0.3 is 6.09 Å². The van der Waals surface area contributed by atoms with E-state index in [4.69, 9.17) is 16.3 Å². The van der Waals surface area contributed by atoms with E-state index in [0.29, 0.717) is 10.8 Å². The van der Waals surface area contributed by atoms with E-state index in [0.717, 1.165) is 11.3 Å². The Labute approximate surface area is 117 Å². The van der Waals surface area contributed by atoms with E-state index in [2.05, 4.69) is 0 Å². The minimum Gasteiger partial charge on any atom is -0.410 e. The number of rotatable bonds is 2. The highest BCUT2D eigenvalue weighted by Gasteiger charge is 2.14. The third kappa shape index (κ3) is 3.26. The van der Waals surface area contributed by atoms with E-state index < -0.39 is 6.09 Å². The molecule has 1 amide bonds. The lowest BCUT2D eigenvalue weighted by molar-refractivity contribution is 0.208. The number of aryl methyl sites for hydroxylation is 1. The van der Waals surface area contributed by atoms with Crippen LogP contribution in [-0.4, -0.2) is 13.1 Å². The minimum absolute atomic E-state index is 0.434. The zero-order valence-corrected chi connectivity index (χ0v) is 11.5. The van der Waals surface area contributed by atoms with Gasteiger partial charge in [0.25, 0.3) is 0 Å². The molecular formula is C15H14ClNO2. The lowest BCUT2D eigenvalue weighted by Gasteiger charge is -2.17. The summed E-state index contributed by atoms with van der Waals surface area (Å²) in [4.78, 5) is 13.5. The number of ether oxygens (including phenoxy) is 1. The number of hydrogen-bond donors (Lipinski definition) is 0. The van der Waals surface area contributed by atoms with Gasteiger partial charge in [-0.1, -0.05) is 29.8 Å². The molecule has 2 aromatic rings. The van der Waals surface area contributed by atoms with Crippen molar-refractivity contribution in [1.29, 1.82) is 0 Å². The molecule has 2 aromatic carbocycles. The molecule has 0 fully saturated rings. The second kappa shape index (κ2) is 5.76. The first-order valence-corrected chi connectivity index (χ1v) is 6.22. The van der Waals surface area contributed by atoms with Crippen LogP contribution in [0.2, 0.25) is 5.02 Å². The molecule has 0 heterocycles. The van der Waals surface area contributed by atoms with Crippen LogP contribution in [0.15, 0.2) is 48.5 Å². The van der Waals surface area contributed by atoms with Crippen LogP contribution in [0.25, 0.3) is 0 Å². The first-order chi connectivity index (χ1) is 9.08. The molecule has 0 aliphatic heterocycles. The average molecular weight is 276 g/mol. The smallest absolute Gasteiger partial charge is 0.410 e. The molecule has 4 heteroatoms. The molecule has 0 saturated heterocycles. The van der Waals surface area contributed by atoms with Gasteiger partial charge in [-0.25, -0.2) is 4.79 Å². The van der Waals surface area contributed by atoms with E-state index in [1.807, 2.05) is 37.3 Å². The van der Waals surface area contributed by atoms with E-state index in [1.54, 1.807) is 25.2 Å². The van der Waals surface area contributed by atoms with Crippen LogP contribution in [0.3, 0.4) is 0 Å². The van der Waals surface area contributed by atoms with Crippen LogP contribution in [0.1, 0.15) is 5.56 Å². The van der Waals surface area contributed by atoms with Gasteiger partial charge in [0, 0.05) is 17.8 Å². The van der Waals surface area contributed by atoms with Crippen molar-refractivity contribution in [2.24, 2.45) is 0 Å². The molecule has 0 aliphatic rings. The highest BCUT2D eigenvalue weighted by atomic mass is 35.5. The van der Waals surface area contributed by atoms with E-state index in [1.165, 1.54) is 4.90 Å². The molecule has 0 spiro atoms. The summed E-state index contributed by atoms with van der Waals surface area (Å²) in [5.41, 5.74) is 1.60. The Hall–Kier alpha value is -2.00. The molecule has 0 N–H and O–H groups in total. The zero-order valence-electron chi connectivity index (χ0n) is 10.8. The molecular weight excluding hydrogens is 262 g/mol. The Bertz CT molecular complexity index is 584. The monoisotopic (exact) mass is 275 g/mol. The highest BCUT2D eigenvalue weighted by Crippen LogP contribution is 2.23. The van der Waals surface area contributed by atoms with Crippen molar-refractivity contribution in [2.75, 3.05) is 11.9 Å². The summed E-state index contributed by atoms with van der Waals surface area (Å²) in [5.74, 6) is 0.511. The summed E-state index contributed by atoms with van der Waals surface area (Å²) in [5, 5.41) is 0.619. The zero-order chi connectivity index (χ0) is 13.8. The fraction of sp³-hybridized carbons (Fsp3) is 0.133. The van der Waals surface area contributed by atoms with Gasteiger partial charge < -0.3 is 4.74 Å². The maximum Gasteiger partial charge on any atom is 0.419 e. The fourth-order valence-electron chi connectivity index (χ4n) is 1.65. The number of carbonyl (C=O) groups excluding carboxylic acids is 1. The van der Waals surface area contributed by atoms with Gasteiger partial charge in [0.2, 0.25) is 0 Å². The maximum atomic E-state index is 12.0. The Morgan fingerprint density at radius 2 is 1.84 bits per heavy atom. The van der Waals surface area contributed by atoms with Crippen LogP contribution >= 0.6 is 11.6 Å². The molecule has 98 valence electrons. The van der Waals surface area contributed by atoms with Crippen LogP contribution < -0.4 is 9.64 Å². The quantitative estimate of drug-likeness (QED) is 0.818. The lowest BCUT2D eigenvalue weighted by atomic mass is 10.2. The number of amides is 1. The third-order valence-electron chi connectivity index (χ3n) is 2.75. The topological polar surface area (TPSA) is 29.5 Å². The van der Waals surface area contributed by atoms with Gasteiger partial charge in [0.05, 0.1) is 0 Å².